The van der Waals surface area contributed by atoms with Crippen LogP contribution in [0.25, 0.3) is 0 Å². The fraction of sp³-hybridized carbons (Fsp3) is 0.250. The third kappa shape index (κ3) is 3.92. The summed E-state index contributed by atoms with van der Waals surface area (Å²) in [6.07, 6.45) is -0.366. The summed E-state index contributed by atoms with van der Waals surface area (Å²) in [6.45, 7) is 3.51. The zero-order valence-corrected chi connectivity index (χ0v) is 16.9. The third-order valence-electron chi connectivity index (χ3n) is 4.30. The normalized spacial score (nSPS) is 20.4. The summed E-state index contributed by atoms with van der Waals surface area (Å²) < 4.78 is 36.1. The molecule has 8 heteroatoms. The van der Waals surface area contributed by atoms with Crippen LogP contribution in [0.15, 0.2) is 58.5 Å². The van der Waals surface area contributed by atoms with Gasteiger partial charge in [0.2, 0.25) is 9.84 Å². The van der Waals surface area contributed by atoms with Crippen molar-refractivity contribution in [2.24, 2.45) is 0 Å². The van der Waals surface area contributed by atoms with E-state index in [-0.39, 0.29) is 35.0 Å². The molecule has 0 aromatic heterocycles. The van der Waals surface area contributed by atoms with Crippen molar-refractivity contribution < 1.29 is 27.8 Å². The van der Waals surface area contributed by atoms with E-state index in [0.717, 1.165) is 11.0 Å². The molecule has 0 radical (unpaired) electrons. The summed E-state index contributed by atoms with van der Waals surface area (Å²) in [5, 5.41) is 12.4. The lowest BCUT2D eigenvalue weighted by Crippen LogP contribution is -2.41. The predicted octanol–water partition coefficient (Wildman–Crippen LogP) is 3.50. The van der Waals surface area contributed by atoms with Crippen LogP contribution in [-0.2, 0) is 25.0 Å². The SMILES string of the molecule is CCOC(=O)C1(O)C/C(=C/S(=O)(=O)c2ccc(Cl)cc2)Oc2cc(C)ccc21. The number of rotatable bonds is 4. The Labute approximate surface area is 168 Å². The zero-order chi connectivity index (χ0) is 20.5. The highest BCUT2D eigenvalue weighted by atomic mass is 35.5. The van der Waals surface area contributed by atoms with E-state index < -0.39 is 21.4 Å². The first kappa shape index (κ1) is 20.4. The van der Waals surface area contributed by atoms with Crippen LogP contribution in [0.2, 0.25) is 5.02 Å². The lowest BCUT2D eigenvalue weighted by Gasteiger charge is -2.33. The first-order valence-corrected chi connectivity index (χ1v) is 10.5. The number of fused-ring (bicyclic) bond motifs is 1. The molecule has 1 aliphatic rings. The molecule has 148 valence electrons. The van der Waals surface area contributed by atoms with Crippen molar-refractivity contribution in [1.29, 1.82) is 0 Å². The zero-order valence-electron chi connectivity index (χ0n) is 15.3. The molecule has 3 rings (SSSR count). The summed E-state index contributed by atoms with van der Waals surface area (Å²) in [7, 11) is -3.89. The molecule has 0 aliphatic carbocycles. The number of hydrogen-bond acceptors (Lipinski definition) is 6. The molecule has 0 saturated heterocycles. The summed E-state index contributed by atoms with van der Waals surface area (Å²) in [4.78, 5) is 12.5. The molecule has 28 heavy (non-hydrogen) atoms. The molecule has 2 aromatic carbocycles. The molecule has 1 aliphatic heterocycles. The van der Waals surface area contributed by atoms with Gasteiger partial charge in [0.25, 0.3) is 0 Å². The Kier molecular flexibility index (Phi) is 5.52. The molecular formula is C20H19ClO6S. The second-order valence-corrected chi connectivity index (χ2v) is 8.68. The number of halogens is 1. The van der Waals surface area contributed by atoms with Crippen LogP contribution < -0.4 is 4.74 Å². The Balaban J connectivity index is 2.07. The topological polar surface area (TPSA) is 89.9 Å². The lowest BCUT2D eigenvalue weighted by molar-refractivity contribution is -0.167. The van der Waals surface area contributed by atoms with Gasteiger partial charge < -0.3 is 14.6 Å². The molecule has 1 heterocycles. The average molecular weight is 423 g/mol. The van der Waals surface area contributed by atoms with Crippen molar-refractivity contribution in [2.45, 2.75) is 30.8 Å². The quantitative estimate of drug-likeness (QED) is 0.758. The fourth-order valence-electron chi connectivity index (χ4n) is 2.94. The molecular weight excluding hydrogens is 404 g/mol. The maximum absolute atomic E-state index is 12.7. The number of aliphatic hydroxyl groups is 1. The number of carbonyl (C=O) groups excluding carboxylic acids is 1. The summed E-state index contributed by atoms with van der Waals surface area (Å²) in [5.74, 6) is -0.721. The molecule has 0 amide bonds. The van der Waals surface area contributed by atoms with Gasteiger partial charge in [-0.3, -0.25) is 0 Å². The lowest BCUT2D eigenvalue weighted by atomic mass is 9.86. The van der Waals surface area contributed by atoms with Crippen LogP contribution in [0.1, 0.15) is 24.5 Å². The standard InChI is InChI=1S/C20H19ClO6S/c1-3-26-19(22)20(23)11-15(27-18-10-13(2)4-9-17(18)20)12-28(24,25)16-7-5-14(21)6-8-16/h4-10,12,23H,3,11H2,1-2H3/b15-12-. The van der Waals surface area contributed by atoms with Crippen molar-refractivity contribution >= 4 is 27.4 Å². The van der Waals surface area contributed by atoms with Gasteiger partial charge in [-0.25, -0.2) is 13.2 Å². The first-order valence-electron chi connectivity index (χ1n) is 8.55. The highest BCUT2D eigenvalue weighted by Gasteiger charge is 2.46. The summed E-state index contributed by atoms with van der Waals surface area (Å²) in [6, 6.07) is 10.6. The van der Waals surface area contributed by atoms with E-state index >= 15 is 0 Å². The van der Waals surface area contributed by atoms with Gasteiger partial charge in [-0.15, -0.1) is 0 Å². The van der Waals surface area contributed by atoms with Crippen LogP contribution in [0, 0.1) is 6.92 Å². The second-order valence-electron chi connectivity index (χ2n) is 6.44. The largest absolute Gasteiger partial charge is 0.464 e. The van der Waals surface area contributed by atoms with E-state index in [2.05, 4.69) is 0 Å². The maximum atomic E-state index is 12.7. The van der Waals surface area contributed by atoms with Gasteiger partial charge in [-0.05, 0) is 49.7 Å². The van der Waals surface area contributed by atoms with E-state index in [4.69, 9.17) is 21.1 Å². The molecule has 0 spiro atoms. The van der Waals surface area contributed by atoms with Crippen molar-refractivity contribution in [2.75, 3.05) is 6.61 Å². The van der Waals surface area contributed by atoms with E-state index in [1.165, 1.54) is 24.3 Å². The van der Waals surface area contributed by atoms with E-state index in [9.17, 15) is 18.3 Å². The maximum Gasteiger partial charge on any atom is 0.343 e. The van der Waals surface area contributed by atoms with Gasteiger partial charge in [0, 0.05) is 10.6 Å². The Hall–Kier alpha value is -2.35. The second kappa shape index (κ2) is 7.58. The van der Waals surface area contributed by atoms with Crippen LogP contribution >= 0.6 is 11.6 Å². The summed E-state index contributed by atoms with van der Waals surface area (Å²) in [5.41, 5.74) is -0.983. The molecule has 1 N–H and O–H groups in total. The molecule has 1 unspecified atom stereocenters. The van der Waals surface area contributed by atoms with Crippen molar-refractivity contribution in [1.82, 2.24) is 0 Å². The number of ether oxygens (including phenoxy) is 2. The van der Waals surface area contributed by atoms with Crippen LogP contribution in [-0.4, -0.2) is 26.1 Å². The monoisotopic (exact) mass is 422 g/mol. The molecule has 1 atom stereocenters. The molecule has 0 fully saturated rings. The number of benzene rings is 2. The average Bonchev–Trinajstić information content (AvgIpc) is 2.61. The number of sulfone groups is 1. The minimum Gasteiger partial charge on any atom is -0.464 e. The number of hydrogen-bond donors (Lipinski definition) is 1. The van der Waals surface area contributed by atoms with Crippen molar-refractivity contribution in [3.8, 4) is 5.75 Å². The molecule has 6 nitrogen and oxygen atoms in total. The first-order chi connectivity index (χ1) is 13.2. The van der Waals surface area contributed by atoms with Gasteiger partial charge in [-0.1, -0.05) is 23.7 Å². The number of aryl methyl sites for hydroxylation is 1. The van der Waals surface area contributed by atoms with Crippen LogP contribution in [0.3, 0.4) is 0 Å². The molecule has 0 saturated carbocycles. The third-order valence-corrected chi connectivity index (χ3v) is 6.05. The predicted molar refractivity (Wildman–Crippen MR) is 104 cm³/mol. The van der Waals surface area contributed by atoms with Gasteiger partial charge in [-0.2, -0.15) is 0 Å². The Bertz CT molecular complexity index is 1040. The Morgan fingerprint density at radius 2 is 1.96 bits per heavy atom. The number of carbonyl (C=O) groups is 1. The van der Waals surface area contributed by atoms with E-state index in [1.54, 1.807) is 25.1 Å². The minimum atomic E-state index is -3.89. The fourth-order valence-corrected chi connectivity index (χ4v) is 4.20. The smallest absolute Gasteiger partial charge is 0.343 e. The van der Waals surface area contributed by atoms with Crippen LogP contribution in [0.5, 0.6) is 5.75 Å². The highest BCUT2D eigenvalue weighted by Crippen LogP contribution is 2.42. The highest BCUT2D eigenvalue weighted by molar-refractivity contribution is 7.94. The Morgan fingerprint density at radius 3 is 2.61 bits per heavy atom. The number of esters is 1. The van der Waals surface area contributed by atoms with E-state index in [1.807, 2.05) is 6.92 Å². The van der Waals surface area contributed by atoms with Gasteiger partial charge >= 0.3 is 5.97 Å². The van der Waals surface area contributed by atoms with Gasteiger partial charge in [0.05, 0.1) is 23.3 Å². The minimum absolute atomic E-state index is 0.0164. The van der Waals surface area contributed by atoms with Crippen molar-refractivity contribution in [3.63, 3.8) is 0 Å². The summed E-state index contributed by atoms with van der Waals surface area (Å²) >= 11 is 5.81. The molecule has 0 bridgehead atoms. The molecule has 2 aromatic rings. The van der Waals surface area contributed by atoms with Crippen LogP contribution in [0.4, 0.5) is 0 Å². The van der Waals surface area contributed by atoms with E-state index in [0.29, 0.717) is 5.02 Å². The van der Waals surface area contributed by atoms with Gasteiger partial charge in [0.1, 0.15) is 11.5 Å². The van der Waals surface area contributed by atoms with Crippen molar-refractivity contribution in [3.05, 3.63) is 69.8 Å². The van der Waals surface area contributed by atoms with Gasteiger partial charge in [0.15, 0.2) is 5.60 Å². The Morgan fingerprint density at radius 1 is 1.29 bits per heavy atom.